The molecule has 3 N–H and O–H groups in total. The summed E-state index contributed by atoms with van der Waals surface area (Å²) in [5.41, 5.74) is 5.84. The van der Waals surface area contributed by atoms with Crippen LogP contribution in [0, 0.1) is 0 Å². The van der Waals surface area contributed by atoms with Crippen molar-refractivity contribution in [2.45, 2.75) is 19.1 Å². The molecular formula is C18H16F3N5O. The molecule has 0 saturated carbocycles. The lowest BCUT2D eigenvalue weighted by Gasteiger charge is -2.13. The molecule has 140 valence electrons. The second-order valence-electron chi connectivity index (χ2n) is 5.89. The van der Waals surface area contributed by atoms with Gasteiger partial charge in [-0.05, 0) is 30.7 Å². The third kappa shape index (κ3) is 3.91. The number of hydrogen-bond acceptors (Lipinski definition) is 4. The summed E-state index contributed by atoms with van der Waals surface area (Å²) in [6.45, 7) is 1.79. The number of amides is 1. The third-order valence-corrected chi connectivity index (χ3v) is 3.99. The van der Waals surface area contributed by atoms with Crippen LogP contribution in [0.4, 0.5) is 19.0 Å². The van der Waals surface area contributed by atoms with Crippen molar-refractivity contribution in [2.24, 2.45) is 0 Å². The number of nitrogens with one attached hydrogen (secondary N) is 1. The van der Waals surface area contributed by atoms with Crippen LogP contribution in [0.3, 0.4) is 0 Å². The SMILES string of the molecule is C[C@H](NC(=O)c1nnn(-c2cccc(C(F)(F)F)c2)c1N)c1ccccc1. The minimum Gasteiger partial charge on any atom is -0.382 e. The third-order valence-electron chi connectivity index (χ3n) is 3.99. The molecule has 0 radical (unpaired) electrons. The molecule has 3 rings (SSSR count). The minimum atomic E-state index is -4.50. The Balaban J connectivity index is 1.84. The molecule has 0 fully saturated rings. The van der Waals surface area contributed by atoms with E-state index in [2.05, 4.69) is 15.6 Å². The van der Waals surface area contributed by atoms with E-state index in [1.165, 1.54) is 12.1 Å². The normalized spacial score (nSPS) is 12.6. The van der Waals surface area contributed by atoms with Crippen molar-refractivity contribution in [3.8, 4) is 5.69 Å². The molecule has 1 heterocycles. The Morgan fingerprint density at radius 1 is 1.15 bits per heavy atom. The van der Waals surface area contributed by atoms with Gasteiger partial charge in [0, 0.05) is 0 Å². The van der Waals surface area contributed by atoms with Crippen LogP contribution in [0.25, 0.3) is 5.69 Å². The Morgan fingerprint density at radius 2 is 1.85 bits per heavy atom. The molecule has 1 amide bonds. The van der Waals surface area contributed by atoms with Crippen LogP contribution in [0.2, 0.25) is 0 Å². The van der Waals surface area contributed by atoms with E-state index in [4.69, 9.17) is 5.73 Å². The zero-order valence-corrected chi connectivity index (χ0v) is 14.2. The summed E-state index contributed by atoms with van der Waals surface area (Å²) in [5.74, 6) is -0.714. The van der Waals surface area contributed by atoms with Gasteiger partial charge in [-0.15, -0.1) is 5.10 Å². The quantitative estimate of drug-likeness (QED) is 0.732. The van der Waals surface area contributed by atoms with Crippen molar-refractivity contribution in [1.82, 2.24) is 20.3 Å². The number of carbonyl (C=O) groups is 1. The molecule has 1 atom stereocenters. The highest BCUT2D eigenvalue weighted by Gasteiger charge is 2.31. The van der Waals surface area contributed by atoms with E-state index < -0.39 is 17.6 Å². The van der Waals surface area contributed by atoms with Gasteiger partial charge in [-0.2, -0.15) is 17.9 Å². The molecule has 9 heteroatoms. The summed E-state index contributed by atoms with van der Waals surface area (Å²) in [7, 11) is 0. The smallest absolute Gasteiger partial charge is 0.382 e. The molecule has 6 nitrogen and oxygen atoms in total. The van der Waals surface area contributed by atoms with Gasteiger partial charge in [0.05, 0.1) is 17.3 Å². The molecule has 0 aliphatic rings. The zero-order valence-electron chi connectivity index (χ0n) is 14.2. The number of nitrogens with two attached hydrogens (primary N) is 1. The predicted octanol–water partition coefficient (Wildman–Crippen LogP) is 3.36. The molecule has 0 aliphatic carbocycles. The van der Waals surface area contributed by atoms with Gasteiger partial charge in [0.15, 0.2) is 11.5 Å². The summed E-state index contributed by atoms with van der Waals surface area (Å²) < 4.78 is 39.6. The van der Waals surface area contributed by atoms with E-state index in [0.29, 0.717) is 0 Å². The standard InChI is InChI=1S/C18H16F3N5O/c1-11(12-6-3-2-4-7-12)23-17(27)15-16(22)26(25-24-15)14-9-5-8-13(10-14)18(19,20)21/h2-11H,22H2,1H3,(H,23,27)/t11-/m0/s1. The van der Waals surface area contributed by atoms with Gasteiger partial charge in [0.2, 0.25) is 0 Å². The highest BCUT2D eigenvalue weighted by atomic mass is 19.4. The number of aromatic nitrogens is 3. The van der Waals surface area contributed by atoms with Gasteiger partial charge in [-0.25, -0.2) is 0 Å². The number of nitrogen functional groups attached to an aromatic ring is 1. The number of rotatable bonds is 4. The number of hydrogen-bond donors (Lipinski definition) is 2. The van der Waals surface area contributed by atoms with Crippen LogP contribution in [-0.2, 0) is 6.18 Å². The van der Waals surface area contributed by atoms with Crippen LogP contribution < -0.4 is 11.1 Å². The van der Waals surface area contributed by atoms with Gasteiger partial charge in [0.1, 0.15) is 0 Å². The fraction of sp³-hybridized carbons (Fsp3) is 0.167. The molecule has 3 aromatic rings. The van der Waals surface area contributed by atoms with Crippen LogP contribution in [0.1, 0.15) is 34.6 Å². The number of anilines is 1. The van der Waals surface area contributed by atoms with Crippen molar-refractivity contribution in [3.05, 3.63) is 71.4 Å². The Morgan fingerprint density at radius 3 is 2.52 bits per heavy atom. The van der Waals surface area contributed by atoms with Gasteiger partial charge in [0.25, 0.3) is 5.91 Å². The second kappa shape index (κ2) is 7.10. The molecule has 2 aromatic carbocycles. The highest BCUT2D eigenvalue weighted by molar-refractivity contribution is 5.96. The maximum Gasteiger partial charge on any atom is 0.416 e. The summed E-state index contributed by atoms with van der Waals surface area (Å²) in [6, 6.07) is 13.4. The molecule has 27 heavy (non-hydrogen) atoms. The average molecular weight is 375 g/mol. The first-order chi connectivity index (χ1) is 12.8. The summed E-state index contributed by atoms with van der Waals surface area (Å²) >= 11 is 0. The maximum atomic E-state index is 12.9. The largest absolute Gasteiger partial charge is 0.416 e. The van der Waals surface area contributed by atoms with Crippen LogP contribution in [0.5, 0.6) is 0 Å². The Bertz CT molecular complexity index is 953. The van der Waals surface area contributed by atoms with Gasteiger partial charge in [-0.1, -0.05) is 41.6 Å². The fourth-order valence-corrected chi connectivity index (χ4v) is 2.55. The van der Waals surface area contributed by atoms with E-state index in [0.717, 1.165) is 22.4 Å². The summed E-state index contributed by atoms with van der Waals surface area (Å²) in [6.07, 6.45) is -4.50. The lowest BCUT2D eigenvalue weighted by molar-refractivity contribution is -0.137. The Hall–Kier alpha value is -3.36. The molecular weight excluding hydrogens is 359 g/mol. The Labute approximate surface area is 152 Å². The topological polar surface area (TPSA) is 85.8 Å². The van der Waals surface area contributed by atoms with E-state index >= 15 is 0 Å². The van der Waals surface area contributed by atoms with Crippen molar-refractivity contribution in [3.63, 3.8) is 0 Å². The molecule has 0 bridgehead atoms. The molecule has 0 aliphatic heterocycles. The van der Waals surface area contributed by atoms with Crippen LogP contribution >= 0.6 is 0 Å². The lowest BCUT2D eigenvalue weighted by Crippen LogP contribution is -2.27. The zero-order chi connectivity index (χ0) is 19.6. The van der Waals surface area contributed by atoms with E-state index in [9.17, 15) is 18.0 Å². The first-order valence-corrected chi connectivity index (χ1v) is 8.02. The summed E-state index contributed by atoms with van der Waals surface area (Å²) in [4.78, 5) is 12.4. The van der Waals surface area contributed by atoms with Crippen molar-refractivity contribution >= 4 is 11.7 Å². The lowest BCUT2D eigenvalue weighted by atomic mass is 10.1. The Kier molecular flexibility index (Phi) is 4.85. The maximum absolute atomic E-state index is 12.9. The van der Waals surface area contributed by atoms with E-state index in [1.807, 2.05) is 30.3 Å². The predicted molar refractivity (Wildman–Crippen MR) is 93.1 cm³/mol. The van der Waals surface area contributed by atoms with Crippen LogP contribution in [-0.4, -0.2) is 20.9 Å². The average Bonchev–Trinajstić information content (AvgIpc) is 3.03. The monoisotopic (exact) mass is 375 g/mol. The van der Waals surface area contributed by atoms with Gasteiger partial charge < -0.3 is 11.1 Å². The van der Waals surface area contributed by atoms with Crippen molar-refractivity contribution in [2.75, 3.05) is 5.73 Å². The number of alkyl halides is 3. The van der Waals surface area contributed by atoms with Crippen LogP contribution in [0.15, 0.2) is 54.6 Å². The second-order valence-corrected chi connectivity index (χ2v) is 5.89. The molecule has 0 saturated heterocycles. The number of carbonyl (C=O) groups excluding carboxylic acids is 1. The van der Waals surface area contributed by atoms with Crippen molar-refractivity contribution in [1.29, 1.82) is 0 Å². The number of halogens is 3. The summed E-state index contributed by atoms with van der Waals surface area (Å²) in [5, 5.41) is 10.2. The minimum absolute atomic E-state index is 0.0602. The van der Waals surface area contributed by atoms with Crippen molar-refractivity contribution < 1.29 is 18.0 Å². The fourth-order valence-electron chi connectivity index (χ4n) is 2.55. The number of benzene rings is 2. The van der Waals surface area contributed by atoms with E-state index in [1.54, 1.807) is 6.92 Å². The highest BCUT2D eigenvalue weighted by Crippen LogP contribution is 2.30. The van der Waals surface area contributed by atoms with Gasteiger partial charge in [-0.3, -0.25) is 4.79 Å². The first kappa shape index (κ1) is 18.4. The van der Waals surface area contributed by atoms with E-state index in [-0.39, 0.29) is 23.2 Å². The first-order valence-electron chi connectivity index (χ1n) is 8.02. The molecule has 0 unspecified atom stereocenters. The van der Waals surface area contributed by atoms with Gasteiger partial charge >= 0.3 is 6.18 Å². The molecule has 0 spiro atoms. The number of nitrogens with zero attached hydrogens (tertiary/aromatic N) is 3. The molecule has 1 aromatic heterocycles.